The predicted molar refractivity (Wildman–Crippen MR) is 210 cm³/mol. The minimum atomic E-state index is -1.70. The molecule has 0 aromatic heterocycles. The molecule has 2 aliphatic rings. The second-order valence-electron chi connectivity index (χ2n) is 13.5. The van der Waals surface area contributed by atoms with E-state index in [1.807, 2.05) is 36.0 Å². The maximum absolute atomic E-state index is 14.0. The molecule has 4 aromatic carbocycles. The number of hydrogen-bond donors (Lipinski definition) is 0. The van der Waals surface area contributed by atoms with E-state index in [1.165, 1.54) is 14.2 Å². The van der Waals surface area contributed by atoms with Crippen LogP contribution < -0.4 is 28.4 Å². The van der Waals surface area contributed by atoms with Gasteiger partial charge in [0.05, 0.1) is 41.5 Å². The lowest BCUT2D eigenvalue weighted by atomic mass is 9.97. The molecular weight excluding hydrogens is 763 g/mol. The Balaban J connectivity index is 1.37. The second kappa shape index (κ2) is 17.3. The third-order valence-electron chi connectivity index (χ3n) is 9.60. The molecule has 2 heterocycles. The lowest BCUT2D eigenvalue weighted by Crippen LogP contribution is -2.47. The molecule has 0 radical (unpaired) electrons. The van der Waals surface area contributed by atoms with Gasteiger partial charge in [-0.1, -0.05) is 23.2 Å². The molecule has 0 bridgehead atoms. The fourth-order valence-corrected chi connectivity index (χ4v) is 7.18. The van der Waals surface area contributed by atoms with Crippen LogP contribution in [0.15, 0.2) is 84.9 Å². The molecule has 2 aliphatic heterocycles. The molecule has 0 spiro atoms. The van der Waals surface area contributed by atoms with Gasteiger partial charge in [0, 0.05) is 46.4 Å². The van der Waals surface area contributed by atoms with Crippen molar-refractivity contribution in [2.75, 3.05) is 68.7 Å². The molecule has 0 saturated heterocycles. The standard InChI is InChI=1S/C42H44Cl2N2O10/c1-45-19-17-27-21-35(49-3)37(51-5)23-33(27)41(25-45,53-31-11-7-29(43)8-12-31)55-39(47)15-16-40(48)56-42(54-32-13-9-30(44)10-14-32)26-46(2)20-18-28-22-36(50-4)38(52-6)24-34(28)42/h7-16,21-24H,17-20,25-26H2,1-6H3/b16-15-. The average Bonchev–Trinajstić information content (AvgIpc) is 3.40. The third kappa shape index (κ3) is 8.94. The van der Waals surface area contributed by atoms with Crippen molar-refractivity contribution in [3.8, 4) is 34.5 Å². The minimum Gasteiger partial charge on any atom is -0.493 e. The maximum atomic E-state index is 14.0. The Morgan fingerprint density at radius 2 is 0.911 bits per heavy atom. The third-order valence-corrected chi connectivity index (χ3v) is 10.1. The van der Waals surface area contributed by atoms with Crippen LogP contribution in [0.25, 0.3) is 0 Å². The van der Waals surface area contributed by atoms with Gasteiger partial charge in [0.15, 0.2) is 23.0 Å². The van der Waals surface area contributed by atoms with Crippen LogP contribution in [0.5, 0.6) is 34.5 Å². The van der Waals surface area contributed by atoms with Gasteiger partial charge < -0.3 is 37.9 Å². The van der Waals surface area contributed by atoms with Crippen molar-refractivity contribution >= 4 is 35.1 Å². The van der Waals surface area contributed by atoms with Gasteiger partial charge in [0.2, 0.25) is 0 Å². The molecule has 14 heteroatoms. The molecule has 0 aliphatic carbocycles. The number of fused-ring (bicyclic) bond motifs is 2. The molecule has 0 fully saturated rings. The number of carbonyl (C=O) groups is 2. The van der Waals surface area contributed by atoms with Crippen LogP contribution in [0.4, 0.5) is 0 Å². The maximum Gasteiger partial charge on any atom is 0.334 e. The molecule has 0 amide bonds. The smallest absolute Gasteiger partial charge is 0.334 e. The van der Waals surface area contributed by atoms with Gasteiger partial charge >= 0.3 is 11.9 Å². The monoisotopic (exact) mass is 806 g/mol. The SMILES string of the molecule is COc1cc2c(cc1OC)C(OC(=O)/C=C\C(=O)OC1(Oc3ccc(Cl)cc3)CN(C)CCc3cc(OC)c(OC)cc31)(Oc1ccc(Cl)cc1)CN(C)CC2. The van der Waals surface area contributed by atoms with Crippen molar-refractivity contribution in [2.24, 2.45) is 0 Å². The van der Waals surface area contributed by atoms with Crippen molar-refractivity contribution in [3.05, 3.63) is 117 Å². The van der Waals surface area contributed by atoms with E-state index < -0.39 is 23.5 Å². The first-order chi connectivity index (χ1) is 26.9. The van der Waals surface area contributed by atoms with Gasteiger partial charge in [0.25, 0.3) is 11.6 Å². The number of nitrogens with zero attached hydrogens (tertiary/aromatic N) is 2. The van der Waals surface area contributed by atoms with E-state index in [1.54, 1.807) is 74.9 Å². The Kier molecular flexibility index (Phi) is 12.5. The van der Waals surface area contributed by atoms with E-state index in [0.29, 0.717) is 81.6 Å². The molecular formula is C42H44Cl2N2O10. The van der Waals surface area contributed by atoms with Crippen molar-refractivity contribution in [3.63, 3.8) is 0 Å². The predicted octanol–water partition coefficient (Wildman–Crippen LogP) is 6.81. The van der Waals surface area contributed by atoms with Crippen LogP contribution in [0.2, 0.25) is 10.0 Å². The van der Waals surface area contributed by atoms with E-state index >= 15 is 0 Å². The lowest BCUT2D eigenvalue weighted by molar-refractivity contribution is -0.205. The van der Waals surface area contributed by atoms with Crippen LogP contribution in [-0.4, -0.2) is 90.5 Å². The van der Waals surface area contributed by atoms with Crippen LogP contribution in [0.3, 0.4) is 0 Å². The molecule has 6 rings (SSSR count). The van der Waals surface area contributed by atoms with Crippen molar-refractivity contribution in [1.82, 2.24) is 9.80 Å². The molecule has 12 nitrogen and oxygen atoms in total. The number of benzene rings is 4. The van der Waals surface area contributed by atoms with Gasteiger partial charge in [-0.25, -0.2) is 9.59 Å². The number of likely N-dealkylation sites (N-methyl/N-ethyl adjacent to an activating group) is 2. The summed E-state index contributed by atoms with van der Waals surface area (Å²) in [6.07, 6.45) is 3.21. The largest absolute Gasteiger partial charge is 0.493 e. The topological polar surface area (TPSA) is 114 Å². The summed E-state index contributed by atoms with van der Waals surface area (Å²) in [6.45, 7) is 1.51. The highest BCUT2D eigenvalue weighted by Crippen LogP contribution is 2.43. The summed E-state index contributed by atoms with van der Waals surface area (Å²) >= 11 is 12.4. The molecule has 2 atom stereocenters. The van der Waals surface area contributed by atoms with Crippen molar-refractivity contribution in [1.29, 1.82) is 0 Å². The number of hydrogen-bond acceptors (Lipinski definition) is 12. The molecule has 4 aromatic rings. The average molecular weight is 808 g/mol. The molecule has 0 N–H and O–H groups in total. The Morgan fingerprint density at radius 3 is 1.25 bits per heavy atom. The first-order valence-electron chi connectivity index (χ1n) is 17.8. The van der Waals surface area contributed by atoms with Crippen LogP contribution >= 0.6 is 23.2 Å². The number of esters is 2. The summed E-state index contributed by atoms with van der Waals surface area (Å²) in [4.78, 5) is 31.9. The number of ether oxygens (including phenoxy) is 8. The highest BCUT2D eigenvalue weighted by Gasteiger charge is 2.46. The lowest BCUT2D eigenvalue weighted by Gasteiger charge is -2.36. The van der Waals surface area contributed by atoms with E-state index in [-0.39, 0.29) is 13.1 Å². The summed E-state index contributed by atoms with van der Waals surface area (Å²) in [6, 6.07) is 20.6. The molecule has 56 heavy (non-hydrogen) atoms. The van der Waals surface area contributed by atoms with E-state index in [9.17, 15) is 9.59 Å². The number of methoxy groups -OCH3 is 4. The summed E-state index contributed by atoms with van der Waals surface area (Å²) in [5.74, 6) is -2.48. The van der Waals surface area contributed by atoms with Gasteiger partial charge in [-0.2, -0.15) is 0 Å². The van der Waals surface area contributed by atoms with Gasteiger partial charge in [-0.05, 0) is 111 Å². The number of halogens is 2. The Hall–Kier alpha value is -5.14. The molecule has 2 unspecified atom stereocenters. The van der Waals surface area contributed by atoms with Crippen LogP contribution in [0, 0.1) is 0 Å². The van der Waals surface area contributed by atoms with Crippen LogP contribution in [-0.2, 0) is 43.5 Å². The number of carbonyl (C=O) groups excluding carboxylic acids is 2. The first-order valence-corrected chi connectivity index (χ1v) is 18.6. The summed E-state index contributed by atoms with van der Waals surface area (Å²) in [5.41, 5.74) is 2.75. The van der Waals surface area contributed by atoms with E-state index in [2.05, 4.69) is 0 Å². The highest BCUT2D eigenvalue weighted by atomic mass is 35.5. The zero-order chi connectivity index (χ0) is 40.0. The zero-order valence-corrected chi connectivity index (χ0v) is 33.6. The van der Waals surface area contributed by atoms with Crippen molar-refractivity contribution < 1.29 is 47.5 Å². The fraction of sp³-hybridized carbons (Fsp3) is 0.333. The summed E-state index contributed by atoms with van der Waals surface area (Å²) in [7, 11) is 9.95. The van der Waals surface area contributed by atoms with Gasteiger partial charge in [-0.15, -0.1) is 0 Å². The zero-order valence-electron chi connectivity index (χ0n) is 32.1. The molecule has 0 saturated carbocycles. The van der Waals surface area contributed by atoms with Gasteiger partial charge in [-0.3, -0.25) is 9.80 Å². The second-order valence-corrected chi connectivity index (χ2v) is 14.4. The van der Waals surface area contributed by atoms with E-state index in [0.717, 1.165) is 23.3 Å². The Bertz CT molecular complexity index is 1930. The Labute approximate surface area is 336 Å². The van der Waals surface area contributed by atoms with Crippen LogP contribution in [0.1, 0.15) is 22.3 Å². The van der Waals surface area contributed by atoms with E-state index in [4.69, 9.17) is 61.1 Å². The fourth-order valence-electron chi connectivity index (χ4n) is 6.93. The van der Waals surface area contributed by atoms with Gasteiger partial charge in [0.1, 0.15) is 11.5 Å². The first kappa shape index (κ1) is 40.5. The van der Waals surface area contributed by atoms with Crippen molar-refractivity contribution in [2.45, 2.75) is 24.4 Å². The molecule has 296 valence electrons. The quantitative estimate of drug-likeness (QED) is 0.0852. The number of rotatable bonds is 12. The summed E-state index contributed by atoms with van der Waals surface area (Å²) < 4.78 is 48.2. The minimum absolute atomic E-state index is 0.134. The Morgan fingerprint density at radius 1 is 0.571 bits per heavy atom. The summed E-state index contributed by atoms with van der Waals surface area (Å²) in [5, 5.41) is 1.01. The highest BCUT2D eigenvalue weighted by molar-refractivity contribution is 6.30. The normalized spacial score (nSPS) is 19.8.